The van der Waals surface area contributed by atoms with Crippen molar-refractivity contribution in [1.29, 1.82) is 0 Å². The number of amides is 2. The zero-order chi connectivity index (χ0) is 24.4. The van der Waals surface area contributed by atoms with Gasteiger partial charge >= 0.3 is 12.0 Å². The SMILES string of the molecule is CN1CCc2ccc(N3C(=O)NCC3c3ccc(C(CC(=O)O)c4ccccc4)cc3)cc2CC1. The maximum atomic E-state index is 12.9. The Kier molecular flexibility index (Phi) is 6.55. The molecule has 0 aromatic heterocycles. The number of carboxylic acids is 1. The molecule has 3 aromatic carbocycles. The normalized spacial score (nSPS) is 19.1. The number of likely N-dealkylation sites (N-methyl/N-ethyl adjacent to an activating group) is 1. The predicted molar refractivity (Wildman–Crippen MR) is 137 cm³/mol. The average Bonchev–Trinajstić information content (AvgIpc) is 3.16. The molecule has 2 atom stereocenters. The Bertz CT molecular complexity index is 1210. The van der Waals surface area contributed by atoms with Gasteiger partial charge < -0.3 is 15.3 Å². The number of aliphatic carboxylic acids is 1. The van der Waals surface area contributed by atoms with Gasteiger partial charge in [-0.15, -0.1) is 0 Å². The minimum absolute atomic E-state index is 0.0310. The van der Waals surface area contributed by atoms with E-state index in [4.69, 9.17) is 0 Å². The first-order valence-corrected chi connectivity index (χ1v) is 12.2. The fraction of sp³-hybridized carbons (Fsp3) is 0.310. The van der Waals surface area contributed by atoms with Crippen LogP contribution in [0, 0.1) is 0 Å². The van der Waals surface area contributed by atoms with E-state index < -0.39 is 5.97 Å². The molecule has 0 saturated carbocycles. The number of carbonyl (C=O) groups excluding carboxylic acids is 1. The second-order valence-corrected chi connectivity index (χ2v) is 9.56. The lowest BCUT2D eigenvalue weighted by Gasteiger charge is -2.25. The Hall–Kier alpha value is -3.64. The summed E-state index contributed by atoms with van der Waals surface area (Å²) in [4.78, 5) is 28.6. The molecule has 35 heavy (non-hydrogen) atoms. The third-order valence-electron chi connectivity index (χ3n) is 7.28. The summed E-state index contributed by atoms with van der Waals surface area (Å²) >= 11 is 0. The van der Waals surface area contributed by atoms with Gasteiger partial charge in [0.2, 0.25) is 0 Å². The number of anilines is 1. The van der Waals surface area contributed by atoms with Crippen molar-refractivity contribution >= 4 is 17.7 Å². The number of hydrogen-bond donors (Lipinski definition) is 2. The van der Waals surface area contributed by atoms with Crippen LogP contribution in [0.2, 0.25) is 0 Å². The van der Waals surface area contributed by atoms with Crippen LogP contribution >= 0.6 is 0 Å². The van der Waals surface area contributed by atoms with E-state index in [0.717, 1.165) is 48.3 Å². The van der Waals surface area contributed by atoms with Crippen molar-refractivity contribution in [1.82, 2.24) is 10.2 Å². The fourth-order valence-corrected chi connectivity index (χ4v) is 5.28. The average molecular weight is 470 g/mol. The number of urea groups is 1. The highest BCUT2D eigenvalue weighted by Gasteiger charge is 2.33. The number of carboxylic acid groups (broad SMARTS) is 1. The lowest BCUT2D eigenvalue weighted by atomic mass is 9.87. The molecule has 6 heteroatoms. The van der Waals surface area contributed by atoms with E-state index in [9.17, 15) is 14.7 Å². The molecule has 1 saturated heterocycles. The maximum absolute atomic E-state index is 12.9. The van der Waals surface area contributed by atoms with E-state index in [1.165, 1.54) is 11.1 Å². The van der Waals surface area contributed by atoms with Gasteiger partial charge in [0, 0.05) is 31.2 Å². The topological polar surface area (TPSA) is 72.9 Å². The van der Waals surface area contributed by atoms with E-state index in [2.05, 4.69) is 35.5 Å². The number of hydrogen-bond acceptors (Lipinski definition) is 3. The number of fused-ring (bicyclic) bond motifs is 1. The first-order chi connectivity index (χ1) is 17.0. The van der Waals surface area contributed by atoms with Crippen LogP contribution < -0.4 is 10.2 Å². The molecule has 0 radical (unpaired) electrons. The molecule has 6 nitrogen and oxygen atoms in total. The second-order valence-electron chi connectivity index (χ2n) is 9.56. The van der Waals surface area contributed by atoms with Crippen LogP contribution in [0.1, 0.15) is 46.2 Å². The smallest absolute Gasteiger partial charge is 0.322 e. The number of carbonyl (C=O) groups is 2. The molecule has 0 spiro atoms. The van der Waals surface area contributed by atoms with Crippen molar-refractivity contribution in [2.45, 2.75) is 31.2 Å². The molecular formula is C29H31N3O3. The van der Waals surface area contributed by atoms with Crippen molar-refractivity contribution in [3.05, 3.63) is 101 Å². The molecule has 2 amide bonds. The monoisotopic (exact) mass is 469 g/mol. The first-order valence-electron chi connectivity index (χ1n) is 12.2. The van der Waals surface area contributed by atoms with Crippen LogP contribution in [0.25, 0.3) is 0 Å². The molecule has 180 valence electrons. The fourth-order valence-electron chi connectivity index (χ4n) is 5.28. The minimum Gasteiger partial charge on any atom is -0.481 e. The van der Waals surface area contributed by atoms with Gasteiger partial charge in [0.1, 0.15) is 0 Å². The van der Waals surface area contributed by atoms with Crippen LogP contribution in [-0.4, -0.2) is 48.7 Å². The highest BCUT2D eigenvalue weighted by atomic mass is 16.4. The van der Waals surface area contributed by atoms with Crippen LogP contribution in [0.15, 0.2) is 72.8 Å². The lowest BCUT2D eigenvalue weighted by molar-refractivity contribution is -0.137. The molecule has 0 aliphatic carbocycles. The number of nitrogens with zero attached hydrogens (tertiary/aromatic N) is 2. The Balaban J connectivity index is 1.42. The summed E-state index contributed by atoms with van der Waals surface area (Å²) in [6.07, 6.45) is 2.05. The molecule has 0 bridgehead atoms. The van der Waals surface area contributed by atoms with Crippen LogP contribution in [-0.2, 0) is 17.6 Å². The quantitative estimate of drug-likeness (QED) is 0.554. The van der Waals surface area contributed by atoms with E-state index in [1.807, 2.05) is 59.5 Å². The van der Waals surface area contributed by atoms with Gasteiger partial charge in [-0.2, -0.15) is 0 Å². The van der Waals surface area contributed by atoms with Crippen LogP contribution in [0.3, 0.4) is 0 Å². The summed E-state index contributed by atoms with van der Waals surface area (Å²) in [6, 6.07) is 24.0. The first kappa shape index (κ1) is 23.1. The van der Waals surface area contributed by atoms with Gasteiger partial charge in [0.25, 0.3) is 0 Å². The Morgan fingerprint density at radius 1 is 0.971 bits per heavy atom. The summed E-state index contributed by atoms with van der Waals surface area (Å²) in [5, 5.41) is 12.5. The van der Waals surface area contributed by atoms with Gasteiger partial charge in [0.15, 0.2) is 0 Å². The number of benzene rings is 3. The van der Waals surface area contributed by atoms with Crippen molar-refractivity contribution in [3.8, 4) is 0 Å². The van der Waals surface area contributed by atoms with Crippen molar-refractivity contribution in [2.75, 3.05) is 31.6 Å². The molecule has 2 aliphatic heterocycles. The van der Waals surface area contributed by atoms with E-state index >= 15 is 0 Å². The largest absolute Gasteiger partial charge is 0.481 e. The number of nitrogens with one attached hydrogen (secondary N) is 1. The third-order valence-corrected chi connectivity index (χ3v) is 7.28. The Labute approximate surface area is 206 Å². The molecular weight excluding hydrogens is 438 g/mol. The van der Waals surface area contributed by atoms with Gasteiger partial charge in [-0.05, 0) is 59.8 Å². The zero-order valence-electron chi connectivity index (χ0n) is 20.0. The molecule has 2 heterocycles. The Morgan fingerprint density at radius 2 is 1.66 bits per heavy atom. The van der Waals surface area contributed by atoms with Gasteiger partial charge in [0.05, 0.1) is 12.5 Å². The van der Waals surface area contributed by atoms with E-state index in [-0.39, 0.29) is 24.4 Å². The lowest BCUT2D eigenvalue weighted by Crippen LogP contribution is -2.29. The number of rotatable bonds is 6. The van der Waals surface area contributed by atoms with E-state index in [0.29, 0.717) is 6.54 Å². The molecule has 1 fully saturated rings. The van der Waals surface area contributed by atoms with Crippen LogP contribution in [0.4, 0.5) is 10.5 Å². The highest BCUT2D eigenvalue weighted by molar-refractivity contribution is 5.95. The second kappa shape index (κ2) is 9.92. The summed E-state index contributed by atoms with van der Waals surface area (Å²) in [6.45, 7) is 2.61. The van der Waals surface area contributed by atoms with Crippen molar-refractivity contribution in [3.63, 3.8) is 0 Å². The summed E-state index contributed by atoms with van der Waals surface area (Å²) in [5.41, 5.74) is 6.58. The van der Waals surface area contributed by atoms with Crippen molar-refractivity contribution < 1.29 is 14.7 Å². The van der Waals surface area contributed by atoms with Crippen LogP contribution in [0.5, 0.6) is 0 Å². The molecule has 2 unspecified atom stereocenters. The molecule has 2 N–H and O–H groups in total. The summed E-state index contributed by atoms with van der Waals surface area (Å²) in [7, 11) is 2.15. The van der Waals surface area contributed by atoms with E-state index in [1.54, 1.807) is 0 Å². The highest BCUT2D eigenvalue weighted by Crippen LogP contribution is 2.34. The summed E-state index contributed by atoms with van der Waals surface area (Å²) in [5.74, 6) is -1.04. The minimum atomic E-state index is -0.825. The van der Waals surface area contributed by atoms with Crippen molar-refractivity contribution in [2.24, 2.45) is 0 Å². The standard InChI is InChI=1S/C29H31N3O3/c1-31-15-13-20-11-12-25(17-24(20)14-16-31)32-27(19-30-29(32)35)23-9-7-22(8-10-23)26(18-28(33)34)21-5-3-2-4-6-21/h2-12,17,26-27H,13-16,18-19H2,1H3,(H,30,35)(H,33,34). The predicted octanol–water partition coefficient (Wildman–Crippen LogP) is 4.59. The molecule has 2 aliphatic rings. The van der Waals surface area contributed by atoms with Gasteiger partial charge in [-0.1, -0.05) is 60.7 Å². The summed E-state index contributed by atoms with van der Waals surface area (Å²) < 4.78 is 0. The zero-order valence-corrected chi connectivity index (χ0v) is 20.0. The third kappa shape index (κ3) is 4.93. The van der Waals surface area contributed by atoms with Gasteiger partial charge in [-0.25, -0.2) is 4.79 Å². The van der Waals surface area contributed by atoms with Gasteiger partial charge in [-0.3, -0.25) is 9.69 Å². The Morgan fingerprint density at radius 3 is 2.37 bits per heavy atom. The molecule has 3 aromatic rings. The maximum Gasteiger partial charge on any atom is 0.322 e. The molecule has 5 rings (SSSR count).